The molecule has 0 saturated carbocycles. The Kier molecular flexibility index (Phi) is 41.3. The highest BCUT2D eigenvalue weighted by molar-refractivity contribution is 7.47. The van der Waals surface area contributed by atoms with Crippen LogP contribution in [-0.4, -0.2) is 74.9 Å². The third-order valence-corrected chi connectivity index (χ3v) is 11.6. The monoisotopic (exact) mass is 869 g/mol. The Balaban J connectivity index is 4.29. The SMILES string of the molecule is CCCCC/C=C/C/C=C/CCCCCCCCCCCC(=O)O[C@H](COC(=O)CCCCCCCCC/C=C/CCCCCCCC)COP(=O)(O)OCC[N+](C)(C)C. The molecule has 1 unspecified atom stereocenters. The van der Waals surface area contributed by atoms with Gasteiger partial charge in [0.25, 0.3) is 0 Å². The molecule has 0 saturated heterocycles. The van der Waals surface area contributed by atoms with E-state index in [0.29, 0.717) is 17.4 Å². The predicted octanol–water partition coefficient (Wildman–Crippen LogP) is 14.5. The van der Waals surface area contributed by atoms with Crippen LogP contribution in [0.4, 0.5) is 0 Å². The zero-order chi connectivity index (χ0) is 44.3. The molecular weight excluding hydrogens is 774 g/mol. The number of hydrogen-bond donors (Lipinski definition) is 1. The predicted molar refractivity (Wildman–Crippen MR) is 252 cm³/mol. The summed E-state index contributed by atoms with van der Waals surface area (Å²) < 4.78 is 34.4. The first-order valence-electron chi connectivity index (χ1n) is 24.7. The highest BCUT2D eigenvalue weighted by Gasteiger charge is 2.27. The summed E-state index contributed by atoms with van der Waals surface area (Å²) in [5, 5.41) is 0. The first-order valence-corrected chi connectivity index (χ1v) is 26.2. The fraction of sp³-hybridized carbons (Fsp3) is 0.840. The van der Waals surface area contributed by atoms with Crippen molar-refractivity contribution in [1.29, 1.82) is 0 Å². The van der Waals surface area contributed by atoms with Crippen molar-refractivity contribution in [1.82, 2.24) is 0 Å². The Hall–Kier alpha value is -1.77. The molecule has 0 aromatic carbocycles. The zero-order valence-corrected chi connectivity index (χ0v) is 40.6. The van der Waals surface area contributed by atoms with Crippen LogP contribution in [-0.2, 0) is 32.7 Å². The Bertz CT molecular complexity index is 1120. The highest BCUT2D eigenvalue weighted by atomic mass is 31.2. The number of unbranched alkanes of at least 4 members (excludes halogenated alkanes) is 25. The second kappa shape index (κ2) is 42.5. The topological polar surface area (TPSA) is 108 Å². The second-order valence-corrected chi connectivity index (χ2v) is 19.3. The number of phosphoric ester groups is 1. The number of rotatable bonds is 45. The minimum absolute atomic E-state index is 0.0303. The number of likely N-dealkylation sites (N-methyl/N-ethyl adjacent to an activating group) is 1. The molecule has 0 aliphatic carbocycles. The summed E-state index contributed by atoms with van der Waals surface area (Å²) in [7, 11) is 1.47. The van der Waals surface area contributed by atoms with Gasteiger partial charge in [0.1, 0.15) is 19.8 Å². The van der Waals surface area contributed by atoms with Crippen LogP contribution in [0.3, 0.4) is 0 Å². The lowest BCUT2D eigenvalue weighted by molar-refractivity contribution is -0.870. The maximum absolute atomic E-state index is 12.7. The summed E-state index contributed by atoms with van der Waals surface area (Å²) in [4.78, 5) is 35.5. The lowest BCUT2D eigenvalue weighted by Gasteiger charge is -2.24. The fourth-order valence-electron chi connectivity index (χ4n) is 6.75. The summed E-state index contributed by atoms with van der Waals surface area (Å²) in [6.45, 7) is 4.41. The van der Waals surface area contributed by atoms with E-state index in [-0.39, 0.29) is 32.0 Å². The number of nitrogens with zero attached hydrogens (tertiary/aromatic N) is 1. The smallest absolute Gasteiger partial charge is 0.462 e. The van der Waals surface area contributed by atoms with Crippen molar-refractivity contribution in [3.63, 3.8) is 0 Å². The van der Waals surface area contributed by atoms with Gasteiger partial charge in [0.05, 0.1) is 27.7 Å². The first kappa shape index (κ1) is 58.2. The second-order valence-electron chi connectivity index (χ2n) is 17.8. The molecule has 0 aliphatic heterocycles. The first-order chi connectivity index (χ1) is 29.0. The van der Waals surface area contributed by atoms with Crippen molar-refractivity contribution in [3.8, 4) is 0 Å². The molecule has 0 aliphatic rings. The van der Waals surface area contributed by atoms with Gasteiger partial charge in [0.2, 0.25) is 0 Å². The molecule has 0 aromatic heterocycles. The van der Waals surface area contributed by atoms with Crippen molar-refractivity contribution in [2.45, 2.75) is 225 Å². The average Bonchev–Trinajstić information content (AvgIpc) is 3.20. The number of hydrogen-bond acceptors (Lipinski definition) is 7. The van der Waals surface area contributed by atoms with E-state index in [0.717, 1.165) is 51.4 Å². The van der Waals surface area contributed by atoms with E-state index in [2.05, 4.69) is 50.3 Å². The van der Waals surface area contributed by atoms with Gasteiger partial charge in [-0.15, -0.1) is 0 Å². The molecule has 352 valence electrons. The average molecular weight is 869 g/mol. The maximum Gasteiger partial charge on any atom is 0.472 e. The number of phosphoric acid groups is 1. The van der Waals surface area contributed by atoms with Gasteiger partial charge in [-0.05, 0) is 70.6 Å². The van der Waals surface area contributed by atoms with Crippen molar-refractivity contribution in [2.75, 3.05) is 47.5 Å². The van der Waals surface area contributed by atoms with E-state index in [1.165, 1.54) is 135 Å². The van der Waals surface area contributed by atoms with Gasteiger partial charge in [-0.3, -0.25) is 18.6 Å². The summed E-state index contributed by atoms with van der Waals surface area (Å²) in [5.41, 5.74) is 0. The van der Waals surface area contributed by atoms with Gasteiger partial charge >= 0.3 is 19.8 Å². The molecule has 9 nitrogen and oxygen atoms in total. The maximum atomic E-state index is 12.7. The number of esters is 2. The van der Waals surface area contributed by atoms with Crippen LogP contribution in [0.2, 0.25) is 0 Å². The summed E-state index contributed by atoms with van der Waals surface area (Å²) in [6, 6.07) is 0. The number of allylic oxidation sites excluding steroid dienone is 6. The third kappa shape index (κ3) is 45.7. The van der Waals surface area contributed by atoms with E-state index in [1.807, 2.05) is 21.1 Å². The number of quaternary nitrogens is 1. The van der Waals surface area contributed by atoms with E-state index in [4.69, 9.17) is 18.5 Å². The van der Waals surface area contributed by atoms with Crippen LogP contribution in [0.1, 0.15) is 219 Å². The Morgan fingerprint density at radius 3 is 1.37 bits per heavy atom. The van der Waals surface area contributed by atoms with Crippen LogP contribution in [0, 0.1) is 0 Å². The van der Waals surface area contributed by atoms with Crippen LogP contribution < -0.4 is 0 Å². The van der Waals surface area contributed by atoms with Crippen molar-refractivity contribution in [3.05, 3.63) is 36.5 Å². The normalized spacial score (nSPS) is 13.8. The Labute approximate surface area is 370 Å². The number of carbonyl (C=O) groups excluding carboxylic acids is 2. The molecule has 0 bridgehead atoms. The standard InChI is InChI=1S/C50H94NO8P/c1-6-8-10-12-14-16-18-20-22-24-25-27-29-31-33-35-37-39-41-43-50(53)59-48(47-58-60(54,55)57-45-44-51(3,4)5)46-56-49(52)42-40-38-36-34-32-30-28-26-23-21-19-17-15-13-11-9-7-2/h14,16,20-23,48H,6-13,15,17-19,24-47H2,1-5H3/p+1/b16-14+,22-20+,23-21+/t48-/m1/s1. The van der Waals surface area contributed by atoms with Gasteiger partial charge in [0, 0.05) is 12.8 Å². The van der Waals surface area contributed by atoms with Gasteiger partial charge in [0.15, 0.2) is 6.10 Å². The molecule has 1 N–H and O–H groups in total. The number of ether oxygens (including phenoxy) is 2. The van der Waals surface area contributed by atoms with E-state index in [9.17, 15) is 19.0 Å². The van der Waals surface area contributed by atoms with Gasteiger partial charge in [-0.25, -0.2) is 4.57 Å². The molecule has 0 heterocycles. The highest BCUT2D eigenvalue weighted by Crippen LogP contribution is 2.43. The molecule has 2 atom stereocenters. The Morgan fingerprint density at radius 2 is 0.900 bits per heavy atom. The lowest BCUT2D eigenvalue weighted by atomic mass is 10.1. The molecule has 0 rings (SSSR count). The van der Waals surface area contributed by atoms with E-state index < -0.39 is 26.5 Å². The summed E-state index contributed by atoms with van der Waals surface area (Å²) >= 11 is 0. The van der Waals surface area contributed by atoms with Crippen LogP contribution in [0.25, 0.3) is 0 Å². The van der Waals surface area contributed by atoms with Gasteiger partial charge in [-0.1, -0.05) is 172 Å². The van der Waals surface area contributed by atoms with Crippen molar-refractivity contribution < 1.29 is 42.1 Å². The molecule has 60 heavy (non-hydrogen) atoms. The molecular formula is C50H95NO8P+. The lowest BCUT2D eigenvalue weighted by Crippen LogP contribution is -2.37. The minimum atomic E-state index is -4.38. The third-order valence-electron chi connectivity index (χ3n) is 10.6. The van der Waals surface area contributed by atoms with Gasteiger partial charge in [-0.2, -0.15) is 0 Å². The molecule has 0 amide bonds. The zero-order valence-electron chi connectivity index (χ0n) is 39.7. The van der Waals surface area contributed by atoms with E-state index >= 15 is 0 Å². The number of carbonyl (C=O) groups is 2. The summed E-state index contributed by atoms with van der Waals surface area (Å²) in [6.07, 6.45) is 49.0. The molecule has 0 fully saturated rings. The van der Waals surface area contributed by atoms with Gasteiger partial charge < -0.3 is 18.9 Å². The molecule has 0 aromatic rings. The largest absolute Gasteiger partial charge is 0.472 e. The quantitative estimate of drug-likeness (QED) is 0.0212. The minimum Gasteiger partial charge on any atom is -0.462 e. The fourth-order valence-corrected chi connectivity index (χ4v) is 7.49. The van der Waals surface area contributed by atoms with Crippen LogP contribution in [0.15, 0.2) is 36.5 Å². The van der Waals surface area contributed by atoms with E-state index in [1.54, 1.807) is 0 Å². The van der Waals surface area contributed by atoms with Crippen LogP contribution in [0.5, 0.6) is 0 Å². The summed E-state index contributed by atoms with van der Waals surface area (Å²) in [5.74, 6) is -0.803. The van der Waals surface area contributed by atoms with Crippen LogP contribution >= 0.6 is 7.82 Å². The van der Waals surface area contributed by atoms with Crippen molar-refractivity contribution >= 4 is 19.8 Å². The molecule has 10 heteroatoms. The Morgan fingerprint density at radius 1 is 0.517 bits per heavy atom. The molecule has 0 spiro atoms. The molecule has 0 radical (unpaired) electrons. The van der Waals surface area contributed by atoms with Crippen molar-refractivity contribution in [2.24, 2.45) is 0 Å².